The summed E-state index contributed by atoms with van der Waals surface area (Å²) in [7, 11) is 0. The van der Waals surface area contributed by atoms with E-state index in [1.807, 2.05) is 39.0 Å². The minimum atomic E-state index is -0.218. The van der Waals surface area contributed by atoms with Crippen LogP contribution in [0.25, 0.3) is 0 Å². The first kappa shape index (κ1) is 21.7. The van der Waals surface area contributed by atoms with Gasteiger partial charge < -0.3 is 14.8 Å². The van der Waals surface area contributed by atoms with Crippen LogP contribution in [0, 0.1) is 20.8 Å². The maximum atomic E-state index is 12.7. The van der Waals surface area contributed by atoms with Gasteiger partial charge in [0.1, 0.15) is 18.1 Å². The number of anilines is 1. The third-order valence-corrected chi connectivity index (χ3v) is 5.09. The molecule has 30 heavy (non-hydrogen) atoms. The Morgan fingerprint density at radius 2 is 1.77 bits per heavy atom. The maximum absolute atomic E-state index is 12.7. The van der Waals surface area contributed by atoms with Crippen molar-refractivity contribution in [1.29, 1.82) is 0 Å². The molecule has 0 unspecified atom stereocenters. The van der Waals surface area contributed by atoms with Crippen molar-refractivity contribution in [2.75, 3.05) is 11.9 Å². The number of halogens is 1. The van der Waals surface area contributed by atoms with Gasteiger partial charge in [-0.3, -0.25) is 4.79 Å². The summed E-state index contributed by atoms with van der Waals surface area (Å²) in [6, 6.07) is 16.6. The molecule has 1 N–H and O–H groups in total. The number of carbonyl (C=O) groups is 1. The summed E-state index contributed by atoms with van der Waals surface area (Å²) >= 11 is 6.01. The van der Waals surface area contributed by atoms with Crippen LogP contribution in [0.4, 0.5) is 5.69 Å². The van der Waals surface area contributed by atoms with Crippen molar-refractivity contribution < 1.29 is 14.3 Å². The summed E-state index contributed by atoms with van der Waals surface area (Å²) in [6.07, 6.45) is 0. The lowest BCUT2D eigenvalue weighted by Gasteiger charge is -2.16. The first-order valence-corrected chi connectivity index (χ1v) is 10.3. The van der Waals surface area contributed by atoms with Crippen LogP contribution < -0.4 is 14.8 Å². The van der Waals surface area contributed by atoms with Crippen molar-refractivity contribution in [3.63, 3.8) is 0 Å². The second-order valence-corrected chi connectivity index (χ2v) is 7.65. The number of nitrogens with one attached hydrogen (secondary N) is 1. The van der Waals surface area contributed by atoms with Crippen molar-refractivity contribution in [3.8, 4) is 11.5 Å². The highest BCUT2D eigenvalue weighted by Gasteiger charge is 2.13. The molecule has 3 aromatic rings. The fraction of sp³-hybridized carbons (Fsp3) is 0.240. The van der Waals surface area contributed by atoms with Crippen molar-refractivity contribution in [1.82, 2.24) is 0 Å². The number of benzene rings is 3. The zero-order valence-electron chi connectivity index (χ0n) is 17.7. The van der Waals surface area contributed by atoms with Gasteiger partial charge in [0, 0.05) is 21.8 Å². The van der Waals surface area contributed by atoms with E-state index in [0.717, 1.165) is 22.4 Å². The molecule has 0 atom stereocenters. The van der Waals surface area contributed by atoms with Gasteiger partial charge >= 0.3 is 0 Å². The van der Waals surface area contributed by atoms with E-state index in [1.54, 1.807) is 30.3 Å². The molecule has 0 aliphatic carbocycles. The van der Waals surface area contributed by atoms with Gasteiger partial charge in [0.2, 0.25) is 0 Å². The Kier molecular flexibility index (Phi) is 7.01. The van der Waals surface area contributed by atoms with Crippen LogP contribution in [0.2, 0.25) is 5.02 Å². The van der Waals surface area contributed by atoms with Crippen LogP contribution in [-0.4, -0.2) is 12.5 Å². The van der Waals surface area contributed by atoms with E-state index in [2.05, 4.69) is 18.3 Å². The smallest absolute Gasteiger partial charge is 0.255 e. The highest BCUT2D eigenvalue weighted by molar-refractivity contribution is 6.31. The van der Waals surface area contributed by atoms with Crippen molar-refractivity contribution in [2.45, 2.75) is 34.3 Å². The van der Waals surface area contributed by atoms with E-state index >= 15 is 0 Å². The van der Waals surface area contributed by atoms with Crippen LogP contribution in [0.3, 0.4) is 0 Å². The average molecular weight is 424 g/mol. The van der Waals surface area contributed by atoms with E-state index in [4.69, 9.17) is 21.1 Å². The van der Waals surface area contributed by atoms with Gasteiger partial charge in [-0.05, 0) is 86.8 Å². The molecule has 0 fully saturated rings. The number of carbonyl (C=O) groups excluding carboxylic acids is 1. The summed E-state index contributed by atoms with van der Waals surface area (Å²) in [5, 5.41) is 3.44. The van der Waals surface area contributed by atoms with Crippen LogP contribution in [0.15, 0.2) is 54.6 Å². The predicted octanol–water partition coefficient (Wildman–Crippen LogP) is 6.50. The largest absolute Gasteiger partial charge is 0.493 e. The molecule has 0 aliphatic heterocycles. The molecule has 5 heteroatoms. The van der Waals surface area contributed by atoms with Gasteiger partial charge in [0.15, 0.2) is 0 Å². The summed E-state index contributed by atoms with van der Waals surface area (Å²) in [5.41, 5.74) is 5.42. The lowest BCUT2D eigenvalue weighted by molar-refractivity contribution is 0.102. The number of aryl methyl sites for hydroxylation is 2. The summed E-state index contributed by atoms with van der Waals surface area (Å²) in [4.78, 5) is 12.7. The van der Waals surface area contributed by atoms with Gasteiger partial charge in [0.25, 0.3) is 5.91 Å². The molecule has 4 nitrogen and oxygen atoms in total. The predicted molar refractivity (Wildman–Crippen MR) is 122 cm³/mol. The van der Waals surface area contributed by atoms with Gasteiger partial charge in [0.05, 0.1) is 6.61 Å². The monoisotopic (exact) mass is 423 g/mol. The quantitative estimate of drug-likeness (QED) is 0.472. The second kappa shape index (κ2) is 9.68. The summed E-state index contributed by atoms with van der Waals surface area (Å²) in [6.45, 7) is 8.93. The first-order chi connectivity index (χ1) is 14.4. The zero-order valence-corrected chi connectivity index (χ0v) is 18.5. The number of hydrogen-bond donors (Lipinski definition) is 1. The van der Waals surface area contributed by atoms with Gasteiger partial charge in [-0.15, -0.1) is 0 Å². The molecule has 156 valence electrons. The number of ether oxygens (including phenoxy) is 2. The van der Waals surface area contributed by atoms with Gasteiger partial charge in [-0.25, -0.2) is 0 Å². The standard InChI is InChI=1S/C25H26ClNO3/c1-5-29-23-10-9-19(25(28)27-22-8-6-7-21(26)14-22)13-20(23)15-30-24-12-16(2)11-17(3)18(24)4/h6-14H,5,15H2,1-4H3,(H,27,28). The third kappa shape index (κ3) is 5.33. The fourth-order valence-corrected chi connectivity index (χ4v) is 3.40. The van der Waals surface area contributed by atoms with Crippen molar-refractivity contribution >= 4 is 23.2 Å². The molecular weight excluding hydrogens is 398 g/mol. The van der Waals surface area contributed by atoms with E-state index in [9.17, 15) is 4.79 Å². The van der Waals surface area contributed by atoms with E-state index in [-0.39, 0.29) is 5.91 Å². The SMILES string of the molecule is CCOc1ccc(C(=O)Nc2cccc(Cl)c2)cc1COc1cc(C)cc(C)c1C. The molecule has 0 aliphatic rings. The minimum absolute atomic E-state index is 0.218. The molecule has 3 aromatic carbocycles. The Labute approximate surface area is 182 Å². The van der Waals surface area contributed by atoms with Crippen molar-refractivity contribution in [2.24, 2.45) is 0 Å². The second-order valence-electron chi connectivity index (χ2n) is 7.21. The molecule has 0 spiro atoms. The van der Waals surface area contributed by atoms with Crippen molar-refractivity contribution in [3.05, 3.63) is 87.4 Å². The Balaban J connectivity index is 1.83. The maximum Gasteiger partial charge on any atom is 0.255 e. The zero-order chi connectivity index (χ0) is 21.7. The Morgan fingerprint density at radius 1 is 0.967 bits per heavy atom. The number of hydrogen-bond acceptors (Lipinski definition) is 3. The fourth-order valence-electron chi connectivity index (χ4n) is 3.21. The molecule has 0 aromatic heterocycles. The molecule has 3 rings (SSSR count). The van der Waals surface area contributed by atoms with E-state index < -0.39 is 0 Å². The normalized spacial score (nSPS) is 10.6. The van der Waals surface area contributed by atoms with Crippen LogP contribution in [0.5, 0.6) is 11.5 Å². The lowest BCUT2D eigenvalue weighted by atomic mass is 10.1. The minimum Gasteiger partial charge on any atom is -0.493 e. The number of amides is 1. The molecule has 0 saturated carbocycles. The molecule has 1 amide bonds. The molecule has 0 heterocycles. The van der Waals surface area contributed by atoms with E-state index in [0.29, 0.717) is 35.2 Å². The van der Waals surface area contributed by atoms with Crippen LogP contribution in [-0.2, 0) is 6.61 Å². The highest BCUT2D eigenvalue weighted by atomic mass is 35.5. The summed E-state index contributed by atoms with van der Waals surface area (Å²) < 4.78 is 11.9. The molecule has 0 radical (unpaired) electrons. The van der Waals surface area contributed by atoms with E-state index in [1.165, 1.54) is 5.56 Å². The lowest BCUT2D eigenvalue weighted by Crippen LogP contribution is -2.13. The molecule has 0 bridgehead atoms. The van der Waals surface area contributed by atoms with Gasteiger partial charge in [-0.1, -0.05) is 23.7 Å². The number of rotatable bonds is 7. The Morgan fingerprint density at radius 3 is 2.50 bits per heavy atom. The molecular formula is C25H26ClNO3. The highest BCUT2D eigenvalue weighted by Crippen LogP contribution is 2.27. The Bertz CT molecular complexity index is 1060. The third-order valence-electron chi connectivity index (χ3n) is 4.85. The van der Waals surface area contributed by atoms with Crippen LogP contribution in [0.1, 0.15) is 39.5 Å². The van der Waals surface area contributed by atoms with Crippen LogP contribution >= 0.6 is 11.6 Å². The molecule has 0 saturated heterocycles. The topological polar surface area (TPSA) is 47.6 Å². The Hall–Kier alpha value is -2.98. The first-order valence-electron chi connectivity index (χ1n) is 9.90. The summed E-state index contributed by atoms with van der Waals surface area (Å²) in [5.74, 6) is 1.33. The average Bonchev–Trinajstić information content (AvgIpc) is 2.70. The van der Waals surface area contributed by atoms with Gasteiger partial charge in [-0.2, -0.15) is 0 Å².